The predicted molar refractivity (Wildman–Crippen MR) is 74.3 cm³/mol. The minimum absolute atomic E-state index is 0.254. The number of aromatic hydroxyl groups is 1. The average molecular weight is 235 g/mol. The molecule has 1 radical (unpaired) electrons. The lowest BCUT2D eigenvalue weighted by molar-refractivity contribution is 0.475. The first-order chi connectivity index (χ1) is 7.49. The highest BCUT2D eigenvalue weighted by Crippen LogP contribution is 2.19. The van der Waals surface area contributed by atoms with Crippen LogP contribution in [0.5, 0.6) is 5.75 Å². The summed E-state index contributed by atoms with van der Waals surface area (Å²) in [5.41, 5.74) is 3.85. The third-order valence-corrected chi connectivity index (χ3v) is 5.46. The Morgan fingerprint density at radius 2 is 1.50 bits per heavy atom. The average Bonchev–Trinajstić information content (AvgIpc) is 2.19. The number of phenols is 1. The summed E-state index contributed by atoms with van der Waals surface area (Å²) in [5.74, 6) is 0.322. The highest BCUT2D eigenvalue weighted by Gasteiger charge is 2.14. The Hall–Kier alpha value is -1.02. The Balaban J connectivity index is 0.000000288. The lowest BCUT2D eigenvalue weighted by Gasteiger charge is -2.17. The van der Waals surface area contributed by atoms with E-state index in [4.69, 9.17) is 5.11 Å². The first kappa shape index (κ1) is 15.0. The predicted octanol–water partition coefficient (Wildman–Crippen LogP) is 4.42. The second-order valence-electron chi connectivity index (χ2n) is 4.35. The largest absolute Gasteiger partial charge is 0.508 e. The molecular weight excluding hydrogens is 212 g/mol. The Kier molecular flexibility index (Phi) is 7.64. The molecule has 16 heavy (non-hydrogen) atoms. The number of hydrogen-bond donors (Lipinski definition) is 1. The van der Waals surface area contributed by atoms with Crippen molar-refractivity contribution >= 4 is 8.80 Å². The maximum atomic E-state index is 8.63. The van der Waals surface area contributed by atoms with Gasteiger partial charge in [-0.05, 0) is 23.2 Å². The van der Waals surface area contributed by atoms with E-state index >= 15 is 0 Å². The fourth-order valence-corrected chi connectivity index (χ4v) is 3.84. The van der Waals surface area contributed by atoms with Crippen LogP contribution in [-0.2, 0) is 0 Å². The van der Waals surface area contributed by atoms with Gasteiger partial charge in [-0.1, -0.05) is 45.9 Å². The molecular formula is C14H23OSi. The van der Waals surface area contributed by atoms with Crippen LogP contribution in [0.3, 0.4) is 0 Å². The minimum atomic E-state index is -0.254. The number of para-hydroxylation sites is 1. The van der Waals surface area contributed by atoms with Crippen LogP contribution >= 0.6 is 0 Å². The third-order valence-electron chi connectivity index (χ3n) is 2.33. The summed E-state index contributed by atoms with van der Waals surface area (Å²) >= 11 is 0. The Labute approximate surface area is 101 Å². The summed E-state index contributed by atoms with van der Waals surface area (Å²) in [6.07, 6.45) is 0. The molecule has 0 amide bonds. The second kappa shape index (κ2) is 8.17. The third kappa shape index (κ3) is 6.46. The van der Waals surface area contributed by atoms with Crippen molar-refractivity contribution in [1.29, 1.82) is 0 Å². The molecule has 0 heterocycles. The van der Waals surface area contributed by atoms with E-state index in [0.717, 1.165) is 11.1 Å². The summed E-state index contributed by atoms with van der Waals surface area (Å²) in [7, 11) is -0.254. The zero-order valence-electron chi connectivity index (χ0n) is 10.8. The summed E-state index contributed by atoms with van der Waals surface area (Å²) in [6.45, 7) is 13.0. The highest BCUT2D eigenvalue weighted by atomic mass is 28.3. The molecule has 0 aliphatic rings. The summed E-state index contributed by atoms with van der Waals surface area (Å²) in [5, 5.41) is 8.63. The van der Waals surface area contributed by atoms with Gasteiger partial charge in [-0.2, -0.15) is 0 Å². The SMILES string of the molecule is C=C[Si](C(C)C)C(C)C.Oc1ccccc1. The molecule has 0 atom stereocenters. The van der Waals surface area contributed by atoms with Crippen LogP contribution < -0.4 is 0 Å². The van der Waals surface area contributed by atoms with Gasteiger partial charge in [0.25, 0.3) is 0 Å². The Bertz CT molecular complexity index is 272. The maximum absolute atomic E-state index is 8.63. The van der Waals surface area contributed by atoms with Crippen LogP contribution in [-0.4, -0.2) is 13.9 Å². The van der Waals surface area contributed by atoms with Gasteiger partial charge in [0.1, 0.15) is 5.75 Å². The van der Waals surface area contributed by atoms with Crippen LogP contribution in [0.15, 0.2) is 42.6 Å². The molecule has 0 fully saturated rings. The molecule has 0 saturated carbocycles. The van der Waals surface area contributed by atoms with Gasteiger partial charge in [-0.15, -0.1) is 12.3 Å². The van der Waals surface area contributed by atoms with Gasteiger partial charge < -0.3 is 5.11 Å². The molecule has 0 aromatic heterocycles. The first-order valence-corrected chi connectivity index (χ1v) is 7.45. The smallest absolute Gasteiger partial charge is 0.115 e. The molecule has 89 valence electrons. The van der Waals surface area contributed by atoms with Gasteiger partial charge in [-0.3, -0.25) is 0 Å². The molecule has 1 nitrogen and oxygen atoms in total. The topological polar surface area (TPSA) is 20.2 Å². The number of hydrogen-bond acceptors (Lipinski definition) is 1. The van der Waals surface area contributed by atoms with E-state index < -0.39 is 0 Å². The van der Waals surface area contributed by atoms with E-state index in [1.165, 1.54) is 0 Å². The van der Waals surface area contributed by atoms with E-state index in [-0.39, 0.29) is 8.80 Å². The van der Waals surface area contributed by atoms with Gasteiger partial charge in [0, 0.05) is 0 Å². The standard InChI is InChI=1S/C8H17Si.C6H6O/c1-6-9(7(2)3)8(4)5;7-6-4-2-1-3-5-6/h6-8H,1H2,2-5H3;1-5,7H. The highest BCUT2D eigenvalue weighted by molar-refractivity contribution is 6.66. The minimum Gasteiger partial charge on any atom is -0.508 e. The molecule has 0 aliphatic carbocycles. The van der Waals surface area contributed by atoms with E-state index in [2.05, 4.69) is 40.0 Å². The van der Waals surface area contributed by atoms with Gasteiger partial charge in [0.2, 0.25) is 0 Å². The van der Waals surface area contributed by atoms with Crippen molar-refractivity contribution in [1.82, 2.24) is 0 Å². The summed E-state index contributed by atoms with van der Waals surface area (Å²) in [6, 6.07) is 8.71. The van der Waals surface area contributed by atoms with E-state index in [1.54, 1.807) is 24.3 Å². The van der Waals surface area contributed by atoms with Crippen LogP contribution in [0.25, 0.3) is 0 Å². The molecule has 1 aromatic carbocycles. The molecule has 1 aromatic rings. The quantitative estimate of drug-likeness (QED) is 0.769. The lowest BCUT2D eigenvalue weighted by Crippen LogP contribution is -2.17. The maximum Gasteiger partial charge on any atom is 0.115 e. The van der Waals surface area contributed by atoms with Gasteiger partial charge in [0.05, 0.1) is 8.80 Å². The molecule has 0 aliphatic heterocycles. The fourth-order valence-electron chi connectivity index (χ4n) is 1.57. The summed E-state index contributed by atoms with van der Waals surface area (Å²) in [4.78, 5) is 0. The molecule has 0 spiro atoms. The van der Waals surface area contributed by atoms with E-state index in [0.29, 0.717) is 5.75 Å². The first-order valence-electron chi connectivity index (χ1n) is 5.72. The van der Waals surface area contributed by atoms with Crippen molar-refractivity contribution in [2.75, 3.05) is 0 Å². The molecule has 0 bridgehead atoms. The zero-order valence-corrected chi connectivity index (χ0v) is 11.8. The van der Waals surface area contributed by atoms with Gasteiger partial charge >= 0.3 is 0 Å². The van der Waals surface area contributed by atoms with Crippen molar-refractivity contribution < 1.29 is 5.11 Å². The lowest BCUT2D eigenvalue weighted by atomic mass is 10.3. The van der Waals surface area contributed by atoms with E-state index in [1.807, 2.05) is 6.07 Å². The second-order valence-corrected chi connectivity index (χ2v) is 8.07. The Morgan fingerprint density at radius 1 is 1.06 bits per heavy atom. The molecule has 0 unspecified atom stereocenters. The number of phenolic OH excluding ortho intramolecular Hbond substituents is 1. The van der Waals surface area contributed by atoms with E-state index in [9.17, 15) is 0 Å². The van der Waals surface area contributed by atoms with Crippen molar-refractivity contribution in [3.8, 4) is 5.75 Å². The van der Waals surface area contributed by atoms with Crippen LogP contribution in [0.4, 0.5) is 0 Å². The van der Waals surface area contributed by atoms with Crippen molar-refractivity contribution in [2.24, 2.45) is 0 Å². The Morgan fingerprint density at radius 3 is 1.62 bits per heavy atom. The van der Waals surface area contributed by atoms with Crippen LogP contribution in [0.2, 0.25) is 11.1 Å². The summed E-state index contributed by atoms with van der Waals surface area (Å²) < 4.78 is 0. The number of rotatable bonds is 3. The van der Waals surface area contributed by atoms with Crippen molar-refractivity contribution in [3.05, 3.63) is 42.6 Å². The van der Waals surface area contributed by atoms with Gasteiger partial charge in [0.15, 0.2) is 0 Å². The molecule has 1 N–H and O–H groups in total. The zero-order chi connectivity index (χ0) is 12.6. The molecule has 1 rings (SSSR count). The van der Waals surface area contributed by atoms with Crippen LogP contribution in [0.1, 0.15) is 27.7 Å². The van der Waals surface area contributed by atoms with Crippen molar-refractivity contribution in [3.63, 3.8) is 0 Å². The molecule has 0 saturated heterocycles. The molecule has 2 heteroatoms. The van der Waals surface area contributed by atoms with Gasteiger partial charge in [-0.25, -0.2) is 0 Å². The normalized spacial score (nSPS) is 10.2. The monoisotopic (exact) mass is 235 g/mol. The van der Waals surface area contributed by atoms with Crippen LogP contribution in [0, 0.1) is 0 Å². The number of benzene rings is 1. The van der Waals surface area contributed by atoms with Crippen molar-refractivity contribution in [2.45, 2.75) is 38.8 Å². The fraction of sp³-hybridized carbons (Fsp3) is 0.429.